The number of sulfonamides is 1. The van der Waals surface area contributed by atoms with Crippen LogP contribution in [0.3, 0.4) is 0 Å². The number of aromatic nitrogens is 2. The van der Waals surface area contributed by atoms with Gasteiger partial charge >= 0.3 is 0 Å². The monoisotopic (exact) mass is 411 g/mol. The van der Waals surface area contributed by atoms with Gasteiger partial charge in [0, 0.05) is 7.05 Å². The number of nitrogens with one attached hydrogen (secondary N) is 1. The Morgan fingerprint density at radius 2 is 1.74 bits per heavy atom. The van der Waals surface area contributed by atoms with Gasteiger partial charge in [0.05, 0.1) is 16.3 Å². The van der Waals surface area contributed by atoms with Crippen LogP contribution in [-0.2, 0) is 17.1 Å². The molecule has 1 N–H and O–H groups in total. The van der Waals surface area contributed by atoms with Crippen LogP contribution in [0, 0.1) is 11.6 Å². The first kappa shape index (κ1) is 19.0. The van der Waals surface area contributed by atoms with Crippen molar-refractivity contribution in [3.8, 4) is 11.3 Å². The molecule has 0 saturated carbocycles. The minimum absolute atomic E-state index is 0.0223. The summed E-state index contributed by atoms with van der Waals surface area (Å²) in [5.41, 5.74) is -0.725. The first-order valence-corrected chi connectivity index (χ1v) is 9.37. The summed E-state index contributed by atoms with van der Waals surface area (Å²) in [6.07, 6.45) is 0. The molecule has 0 spiro atoms. The van der Waals surface area contributed by atoms with E-state index in [1.165, 1.54) is 37.4 Å². The maximum Gasteiger partial charge on any atom is 0.285 e. The Morgan fingerprint density at radius 1 is 1.11 bits per heavy atom. The number of hydrogen-bond acceptors (Lipinski definition) is 4. The summed E-state index contributed by atoms with van der Waals surface area (Å²) < 4.78 is 55.5. The molecule has 0 aliphatic rings. The van der Waals surface area contributed by atoms with E-state index in [1.54, 1.807) is 0 Å². The Hall–Kier alpha value is -2.78. The van der Waals surface area contributed by atoms with Gasteiger partial charge in [-0.1, -0.05) is 29.8 Å². The van der Waals surface area contributed by atoms with Crippen molar-refractivity contribution in [2.75, 3.05) is 0 Å². The SMILES string of the molecule is Cn1nc(C(=O)NS(=O)(=O)c2ccccc2Cl)cc1-c1c(F)cccc1F. The molecule has 10 heteroatoms. The highest BCUT2D eigenvalue weighted by molar-refractivity contribution is 7.90. The van der Waals surface area contributed by atoms with Crippen LogP contribution in [0.5, 0.6) is 0 Å². The predicted molar refractivity (Wildman–Crippen MR) is 94.7 cm³/mol. The second-order valence-corrected chi connectivity index (χ2v) is 7.56. The minimum Gasteiger partial charge on any atom is -0.267 e. The molecule has 0 aliphatic carbocycles. The Morgan fingerprint density at radius 3 is 2.37 bits per heavy atom. The summed E-state index contributed by atoms with van der Waals surface area (Å²) in [4.78, 5) is 12.0. The highest BCUT2D eigenvalue weighted by Gasteiger charge is 2.24. The van der Waals surface area contributed by atoms with Crippen molar-refractivity contribution in [1.82, 2.24) is 14.5 Å². The van der Waals surface area contributed by atoms with E-state index >= 15 is 0 Å². The number of aryl methyl sites for hydroxylation is 1. The smallest absolute Gasteiger partial charge is 0.267 e. The standard InChI is InChI=1S/C17H12ClF2N3O3S/c1-23-14(16-11(19)6-4-7-12(16)20)9-13(21-23)17(24)22-27(25,26)15-8-3-2-5-10(15)18/h2-9H,1H3,(H,22,24). The zero-order valence-electron chi connectivity index (χ0n) is 13.8. The number of halogens is 3. The molecule has 0 atom stereocenters. The van der Waals surface area contributed by atoms with Gasteiger partial charge in [0.25, 0.3) is 15.9 Å². The lowest BCUT2D eigenvalue weighted by Crippen LogP contribution is -2.31. The molecule has 3 rings (SSSR count). The lowest BCUT2D eigenvalue weighted by atomic mass is 10.1. The molecule has 0 aliphatic heterocycles. The molecule has 27 heavy (non-hydrogen) atoms. The minimum atomic E-state index is -4.25. The molecule has 6 nitrogen and oxygen atoms in total. The molecule has 1 heterocycles. The maximum atomic E-state index is 14.0. The quantitative estimate of drug-likeness (QED) is 0.715. The average Bonchev–Trinajstić information content (AvgIpc) is 2.96. The van der Waals surface area contributed by atoms with E-state index in [-0.39, 0.29) is 26.9 Å². The maximum absolute atomic E-state index is 14.0. The van der Waals surface area contributed by atoms with Crippen LogP contribution in [0.2, 0.25) is 5.02 Å². The van der Waals surface area contributed by atoms with E-state index < -0.39 is 27.6 Å². The van der Waals surface area contributed by atoms with Crippen LogP contribution < -0.4 is 4.72 Å². The van der Waals surface area contributed by atoms with Gasteiger partial charge in [-0.25, -0.2) is 21.9 Å². The van der Waals surface area contributed by atoms with Gasteiger partial charge < -0.3 is 0 Å². The van der Waals surface area contributed by atoms with E-state index in [0.29, 0.717) is 0 Å². The molecular weight excluding hydrogens is 400 g/mol. The number of carbonyl (C=O) groups is 1. The molecule has 0 radical (unpaired) electrons. The van der Waals surface area contributed by atoms with Gasteiger partial charge in [-0.2, -0.15) is 5.10 Å². The molecule has 1 aromatic heterocycles. The zero-order valence-corrected chi connectivity index (χ0v) is 15.4. The topological polar surface area (TPSA) is 81.1 Å². The fourth-order valence-corrected chi connectivity index (χ4v) is 3.93. The zero-order chi connectivity index (χ0) is 19.8. The number of benzene rings is 2. The Balaban J connectivity index is 1.95. The Kier molecular flexibility index (Phi) is 4.99. The lowest BCUT2D eigenvalue weighted by molar-refractivity contribution is 0.0976. The summed E-state index contributed by atoms with van der Waals surface area (Å²) >= 11 is 5.85. The summed E-state index contributed by atoms with van der Waals surface area (Å²) in [6, 6.07) is 10.0. The van der Waals surface area contributed by atoms with Crippen LogP contribution in [0.25, 0.3) is 11.3 Å². The van der Waals surface area contributed by atoms with Gasteiger partial charge in [-0.3, -0.25) is 9.48 Å². The third-order valence-corrected chi connectivity index (χ3v) is 5.52. The molecular formula is C17H12ClF2N3O3S. The molecule has 0 unspecified atom stereocenters. The third kappa shape index (κ3) is 3.69. The molecule has 0 saturated heterocycles. The Bertz CT molecular complexity index is 1130. The van der Waals surface area contributed by atoms with Crippen molar-refractivity contribution in [2.45, 2.75) is 4.90 Å². The largest absolute Gasteiger partial charge is 0.285 e. The first-order chi connectivity index (χ1) is 12.7. The van der Waals surface area contributed by atoms with Crippen molar-refractivity contribution in [3.63, 3.8) is 0 Å². The molecule has 2 aromatic carbocycles. The van der Waals surface area contributed by atoms with Crippen molar-refractivity contribution >= 4 is 27.5 Å². The first-order valence-electron chi connectivity index (χ1n) is 7.51. The van der Waals surface area contributed by atoms with Crippen molar-refractivity contribution in [2.24, 2.45) is 7.05 Å². The van der Waals surface area contributed by atoms with E-state index in [9.17, 15) is 22.0 Å². The van der Waals surface area contributed by atoms with Crippen LogP contribution in [0.1, 0.15) is 10.5 Å². The molecule has 0 bridgehead atoms. The lowest BCUT2D eigenvalue weighted by Gasteiger charge is -2.06. The number of carbonyl (C=O) groups excluding carboxylic acids is 1. The predicted octanol–water partition coefficient (Wildman–Crippen LogP) is 3.14. The summed E-state index contributed by atoms with van der Waals surface area (Å²) in [5.74, 6) is -2.74. The molecule has 140 valence electrons. The fraction of sp³-hybridized carbons (Fsp3) is 0.0588. The van der Waals surface area contributed by atoms with E-state index in [4.69, 9.17) is 11.6 Å². The Labute approximate surface area is 158 Å². The number of nitrogens with zero attached hydrogens (tertiary/aromatic N) is 2. The van der Waals surface area contributed by atoms with Crippen LogP contribution in [-0.4, -0.2) is 24.1 Å². The van der Waals surface area contributed by atoms with Gasteiger partial charge in [-0.05, 0) is 30.3 Å². The van der Waals surface area contributed by atoms with Gasteiger partial charge in [0.15, 0.2) is 5.69 Å². The number of rotatable bonds is 4. The van der Waals surface area contributed by atoms with Gasteiger partial charge in [0.2, 0.25) is 0 Å². The molecule has 3 aromatic rings. The van der Waals surface area contributed by atoms with Crippen LogP contribution in [0.15, 0.2) is 53.4 Å². The number of amides is 1. The number of hydrogen-bond donors (Lipinski definition) is 1. The van der Waals surface area contributed by atoms with E-state index in [2.05, 4.69) is 5.10 Å². The van der Waals surface area contributed by atoms with Crippen molar-refractivity contribution < 1.29 is 22.0 Å². The summed E-state index contributed by atoms with van der Waals surface area (Å²) in [6.45, 7) is 0. The normalized spacial score (nSPS) is 11.4. The van der Waals surface area contributed by atoms with Crippen molar-refractivity contribution in [1.29, 1.82) is 0 Å². The average molecular weight is 412 g/mol. The third-order valence-electron chi connectivity index (χ3n) is 3.68. The second-order valence-electron chi connectivity index (χ2n) is 5.50. The summed E-state index contributed by atoms with van der Waals surface area (Å²) in [7, 11) is -2.88. The second kappa shape index (κ2) is 7.09. The van der Waals surface area contributed by atoms with Crippen LogP contribution >= 0.6 is 11.6 Å². The molecule has 1 amide bonds. The van der Waals surface area contributed by atoms with Crippen LogP contribution in [0.4, 0.5) is 8.78 Å². The van der Waals surface area contributed by atoms with Gasteiger partial charge in [0.1, 0.15) is 16.5 Å². The molecule has 0 fully saturated rings. The van der Waals surface area contributed by atoms with Gasteiger partial charge in [-0.15, -0.1) is 0 Å². The fourth-order valence-electron chi connectivity index (χ4n) is 2.45. The van der Waals surface area contributed by atoms with Crippen molar-refractivity contribution in [3.05, 3.63) is 70.9 Å². The van der Waals surface area contributed by atoms with E-state index in [0.717, 1.165) is 22.9 Å². The highest BCUT2D eigenvalue weighted by atomic mass is 35.5. The summed E-state index contributed by atoms with van der Waals surface area (Å²) in [5, 5.41) is 3.78. The highest BCUT2D eigenvalue weighted by Crippen LogP contribution is 2.26. The van der Waals surface area contributed by atoms with E-state index in [1.807, 2.05) is 4.72 Å².